The van der Waals surface area contributed by atoms with Crippen LogP contribution in [0.5, 0.6) is 0 Å². The molecule has 0 saturated carbocycles. The summed E-state index contributed by atoms with van der Waals surface area (Å²) in [6, 6.07) is 31.8. The molecular weight excluding hydrogens is 424 g/mol. The fraction of sp³-hybridized carbons (Fsp3) is 0.138. The third kappa shape index (κ3) is 3.47. The van der Waals surface area contributed by atoms with E-state index in [4.69, 9.17) is 9.40 Å². The Morgan fingerprint density at radius 2 is 1.42 bits per heavy atom. The summed E-state index contributed by atoms with van der Waals surface area (Å²) in [5.41, 5.74) is 4.80. The first-order valence-corrected chi connectivity index (χ1v) is 12.0. The molecule has 2 aromatic heterocycles. The van der Waals surface area contributed by atoms with Gasteiger partial charge in [-0.25, -0.2) is 4.98 Å². The second kappa shape index (κ2) is 7.46. The zero-order valence-electron chi connectivity index (χ0n) is 18.9. The predicted molar refractivity (Wildman–Crippen MR) is 141 cm³/mol. The van der Waals surface area contributed by atoms with Gasteiger partial charge in [-0.2, -0.15) is 0 Å². The minimum absolute atomic E-state index is 0.121. The molecule has 0 fully saturated rings. The number of hydrogen-bond acceptors (Lipinski definition) is 4. The van der Waals surface area contributed by atoms with Crippen molar-refractivity contribution in [3.8, 4) is 11.5 Å². The summed E-state index contributed by atoms with van der Waals surface area (Å²) in [4.78, 5) is 7.17. The summed E-state index contributed by atoms with van der Waals surface area (Å²) >= 11 is 1.85. The number of nitrogens with zero attached hydrogens (tertiary/aromatic N) is 2. The van der Waals surface area contributed by atoms with Crippen LogP contribution >= 0.6 is 11.3 Å². The molecule has 0 aliphatic carbocycles. The molecule has 2 heterocycles. The number of anilines is 2. The Bertz CT molecular complexity index is 1610. The molecule has 0 aliphatic rings. The van der Waals surface area contributed by atoms with E-state index >= 15 is 0 Å². The Labute approximate surface area is 196 Å². The highest BCUT2D eigenvalue weighted by Gasteiger charge is 2.25. The van der Waals surface area contributed by atoms with Gasteiger partial charge >= 0.3 is 0 Å². The summed E-state index contributed by atoms with van der Waals surface area (Å²) in [5, 5.41) is 2.64. The van der Waals surface area contributed by atoms with E-state index in [0.717, 1.165) is 22.4 Å². The number of fused-ring (bicyclic) bond motifs is 4. The Morgan fingerprint density at radius 1 is 0.727 bits per heavy atom. The van der Waals surface area contributed by atoms with Crippen LogP contribution in [0.25, 0.3) is 42.7 Å². The van der Waals surface area contributed by atoms with Crippen molar-refractivity contribution in [2.75, 3.05) is 4.90 Å². The van der Waals surface area contributed by atoms with Crippen LogP contribution in [0.4, 0.5) is 11.4 Å². The van der Waals surface area contributed by atoms with Gasteiger partial charge in [-0.1, -0.05) is 42.5 Å². The van der Waals surface area contributed by atoms with Crippen molar-refractivity contribution in [3.05, 3.63) is 91.0 Å². The largest absolute Gasteiger partial charge is 0.436 e. The predicted octanol–water partition coefficient (Wildman–Crippen LogP) is 8.80. The van der Waals surface area contributed by atoms with Crippen molar-refractivity contribution in [2.24, 2.45) is 0 Å². The second-order valence-electron chi connectivity index (χ2n) is 9.32. The molecule has 33 heavy (non-hydrogen) atoms. The monoisotopic (exact) mass is 448 g/mol. The third-order valence-electron chi connectivity index (χ3n) is 5.94. The minimum atomic E-state index is -0.121. The summed E-state index contributed by atoms with van der Waals surface area (Å²) < 4.78 is 8.67. The van der Waals surface area contributed by atoms with Gasteiger partial charge in [0.2, 0.25) is 5.89 Å². The van der Waals surface area contributed by atoms with Crippen LogP contribution < -0.4 is 4.90 Å². The summed E-state index contributed by atoms with van der Waals surface area (Å²) in [7, 11) is 0. The van der Waals surface area contributed by atoms with Gasteiger partial charge in [-0.3, -0.25) is 0 Å². The van der Waals surface area contributed by atoms with E-state index in [1.54, 1.807) is 0 Å². The fourth-order valence-corrected chi connectivity index (χ4v) is 5.68. The average molecular weight is 449 g/mol. The molecule has 0 saturated heterocycles. The van der Waals surface area contributed by atoms with Gasteiger partial charge in [0.1, 0.15) is 5.52 Å². The molecule has 4 aromatic carbocycles. The maximum atomic E-state index is 6.04. The normalized spacial score (nSPS) is 12.1. The van der Waals surface area contributed by atoms with Crippen LogP contribution in [0.3, 0.4) is 0 Å². The lowest BCUT2D eigenvalue weighted by Gasteiger charge is -2.38. The molecule has 3 nitrogen and oxygen atoms in total. The topological polar surface area (TPSA) is 29.3 Å². The molecule has 6 rings (SSSR count). The molecular formula is C29H24N2OS. The average Bonchev–Trinajstić information content (AvgIpc) is 3.39. The van der Waals surface area contributed by atoms with Crippen LogP contribution in [0.2, 0.25) is 0 Å². The maximum absolute atomic E-state index is 6.04. The third-order valence-corrected chi connectivity index (χ3v) is 7.08. The second-order valence-corrected chi connectivity index (χ2v) is 10.4. The SMILES string of the molecule is CC(C)(C)N(c1ccc2oc(-c3ccccc3)nc2c1)c1ccc2c(c1)sc1ccccc12. The molecule has 0 N–H and O–H groups in total. The van der Waals surface area contributed by atoms with E-state index < -0.39 is 0 Å². The smallest absolute Gasteiger partial charge is 0.227 e. The number of rotatable bonds is 3. The highest BCUT2D eigenvalue weighted by molar-refractivity contribution is 7.25. The summed E-state index contributed by atoms with van der Waals surface area (Å²) in [6.07, 6.45) is 0. The Kier molecular flexibility index (Phi) is 4.52. The molecule has 0 unspecified atom stereocenters. The molecule has 0 radical (unpaired) electrons. The molecule has 0 amide bonds. The van der Waals surface area contributed by atoms with Crippen LogP contribution in [-0.2, 0) is 0 Å². The zero-order chi connectivity index (χ0) is 22.6. The van der Waals surface area contributed by atoms with Gasteiger partial charge in [0.05, 0.1) is 0 Å². The Hall–Kier alpha value is -3.63. The first-order chi connectivity index (χ1) is 16.0. The van der Waals surface area contributed by atoms with Gasteiger partial charge in [-0.05, 0) is 69.3 Å². The van der Waals surface area contributed by atoms with Gasteiger partial charge < -0.3 is 9.32 Å². The van der Waals surface area contributed by atoms with E-state index in [0.29, 0.717) is 5.89 Å². The summed E-state index contributed by atoms with van der Waals surface area (Å²) in [6.45, 7) is 6.72. The van der Waals surface area contributed by atoms with Crippen molar-refractivity contribution in [1.82, 2.24) is 4.98 Å². The first kappa shape index (κ1) is 20.0. The summed E-state index contributed by atoms with van der Waals surface area (Å²) in [5.74, 6) is 0.650. The molecule has 0 atom stereocenters. The van der Waals surface area contributed by atoms with Crippen LogP contribution in [0.15, 0.2) is 95.4 Å². The van der Waals surface area contributed by atoms with Crippen molar-refractivity contribution < 1.29 is 4.42 Å². The van der Waals surface area contributed by atoms with Gasteiger partial charge in [0, 0.05) is 42.6 Å². The number of aromatic nitrogens is 1. The maximum Gasteiger partial charge on any atom is 0.227 e. The Morgan fingerprint density at radius 3 is 2.24 bits per heavy atom. The fourth-order valence-electron chi connectivity index (χ4n) is 4.54. The van der Waals surface area contributed by atoms with E-state index in [1.807, 2.05) is 47.7 Å². The van der Waals surface area contributed by atoms with Crippen molar-refractivity contribution >= 4 is 54.0 Å². The lowest BCUT2D eigenvalue weighted by Crippen LogP contribution is -2.37. The van der Waals surface area contributed by atoms with Crippen LogP contribution in [0.1, 0.15) is 20.8 Å². The molecule has 0 aliphatic heterocycles. The van der Waals surface area contributed by atoms with Gasteiger partial charge in [0.25, 0.3) is 0 Å². The van der Waals surface area contributed by atoms with Crippen molar-refractivity contribution in [1.29, 1.82) is 0 Å². The Balaban J connectivity index is 1.47. The number of hydrogen-bond donors (Lipinski definition) is 0. The molecule has 4 heteroatoms. The van der Waals surface area contributed by atoms with Crippen molar-refractivity contribution in [3.63, 3.8) is 0 Å². The van der Waals surface area contributed by atoms with Gasteiger partial charge in [0.15, 0.2) is 5.58 Å². The van der Waals surface area contributed by atoms with Crippen molar-refractivity contribution in [2.45, 2.75) is 26.3 Å². The van der Waals surface area contributed by atoms with E-state index in [2.05, 4.69) is 80.3 Å². The molecule has 0 bridgehead atoms. The first-order valence-electron chi connectivity index (χ1n) is 11.1. The zero-order valence-corrected chi connectivity index (χ0v) is 19.7. The highest BCUT2D eigenvalue weighted by Crippen LogP contribution is 2.40. The van der Waals surface area contributed by atoms with E-state index in [9.17, 15) is 0 Å². The number of thiophene rings is 1. The number of benzene rings is 4. The lowest BCUT2D eigenvalue weighted by molar-refractivity contribution is 0.560. The van der Waals surface area contributed by atoms with Gasteiger partial charge in [-0.15, -0.1) is 11.3 Å². The van der Waals surface area contributed by atoms with E-state index in [-0.39, 0.29) is 5.54 Å². The van der Waals surface area contributed by atoms with Crippen LogP contribution in [0, 0.1) is 0 Å². The van der Waals surface area contributed by atoms with E-state index in [1.165, 1.54) is 25.9 Å². The molecule has 6 aromatic rings. The molecule has 0 spiro atoms. The highest BCUT2D eigenvalue weighted by atomic mass is 32.1. The minimum Gasteiger partial charge on any atom is -0.436 e. The standard InChI is InChI=1S/C29H24N2OS/c1-29(2,3)31(21-13-15-23-22-11-7-8-12-26(22)33-27(23)18-21)20-14-16-25-24(17-20)30-28(32-25)19-9-5-4-6-10-19/h4-18H,1-3H3. The lowest BCUT2D eigenvalue weighted by atomic mass is 10.0. The van der Waals surface area contributed by atoms with Crippen LogP contribution in [-0.4, -0.2) is 10.5 Å². The molecule has 162 valence electrons. The quantitative estimate of drug-likeness (QED) is 0.271. The number of oxazole rings is 1.